The van der Waals surface area contributed by atoms with Crippen molar-refractivity contribution in [3.63, 3.8) is 0 Å². The van der Waals surface area contributed by atoms with E-state index in [1.54, 1.807) is 0 Å². The fraction of sp³-hybridized carbons (Fsp3) is 0.727. The number of rotatable bonds is 8. The Morgan fingerprint density at radius 3 is 2.94 bits per heavy atom. The van der Waals surface area contributed by atoms with E-state index in [4.69, 9.17) is 10.6 Å². The van der Waals surface area contributed by atoms with Crippen LogP contribution in [0.4, 0.5) is 0 Å². The molecule has 1 aromatic rings. The third-order valence-corrected chi connectivity index (χ3v) is 3.17. The molecule has 1 heterocycles. The van der Waals surface area contributed by atoms with Crippen molar-refractivity contribution >= 4 is 15.9 Å². The van der Waals surface area contributed by atoms with Gasteiger partial charge in [0.25, 0.3) is 0 Å². The van der Waals surface area contributed by atoms with E-state index < -0.39 is 0 Å². The quantitative estimate of drug-likeness (QED) is 0.438. The Labute approximate surface area is 111 Å². The Balaban J connectivity index is 2.75. The SMILES string of the molecule is CCCn1ncc(Br)c1C(CCOCC)NN. The molecule has 3 N–H and O–H groups in total. The van der Waals surface area contributed by atoms with Crippen molar-refractivity contribution in [1.82, 2.24) is 15.2 Å². The molecule has 98 valence electrons. The largest absolute Gasteiger partial charge is 0.382 e. The second-order valence-electron chi connectivity index (χ2n) is 3.81. The standard InChI is InChI=1S/C11H21BrN4O/c1-3-6-16-11(9(12)8-14-16)10(15-13)5-7-17-4-2/h8,10,15H,3-7,13H2,1-2H3. The van der Waals surface area contributed by atoms with Gasteiger partial charge in [0, 0.05) is 19.8 Å². The van der Waals surface area contributed by atoms with Gasteiger partial charge in [0.05, 0.1) is 22.4 Å². The van der Waals surface area contributed by atoms with Crippen molar-refractivity contribution in [3.05, 3.63) is 16.4 Å². The lowest BCUT2D eigenvalue weighted by atomic mass is 10.1. The van der Waals surface area contributed by atoms with Gasteiger partial charge in [-0.05, 0) is 35.7 Å². The van der Waals surface area contributed by atoms with Gasteiger partial charge in [0.1, 0.15) is 0 Å². The van der Waals surface area contributed by atoms with Crippen LogP contribution in [0.5, 0.6) is 0 Å². The first-order valence-corrected chi connectivity index (χ1v) is 6.78. The van der Waals surface area contributed by atoms with Crippen molar-refractivity contribution in [1.29, 1.82) is 0 Å². The van der Waals surface area contributed by atoms with E-state index in [2.05, 4.69) is 33.4 Å². The molecule has 5 nitrogen and oxygen atoms in total. The first kappa shape index (κ1) is 14.6. The number of hydrazine groups is 1. The van der Waals surface area contributed by atoms with Crippen LogP contribution in [-0.4, -0.2) is 23.0 Å². The van der Waals surface area contributed by atoms with Crippen LogP contribution in [-0.2, 0) is 11.3 Å². The molecule has 0 amide bonds. The summed E-state index contributed by atoms with van der Waals surface area (Å²) in [5.41, 5.74) is 3.92. The molecule has 1 rings (SSSR count). The fourth-order valence-electron chi connectivity index (χ4n) is 1.75. The Bertz CT molecular complexity index is 329. The molecule has 6 heteroatoms. The minimum atomic E-state index is 0.0602. The second kappa shape index (κ2) is 7.81. The van der Waals surface area contributed by atoms with Crippen molar-refractivity contribution in [2.45, 2.75) is 39.3 Å². The summed E-state index contributed by atoms with van der Waals surface area (Å²) in [6.07, 6.45) is 3.69. The van der Waals surface area contributed by atoms with Crippen LogP contribution in [0.15, 0.2) is 10.7 Å². The molecule has 0 aromatic carbocycles. The highest BCUT2D eigenvalue weighted by Gasteiger charge is 2.18. The van der Waals surface area contributed by atoms with Crippen molar-refractivity contribution in [3.8, 4) is 0 Å². The van der Waals surface area contributed by atoms with Crippen LogP contribution >= 0.6 is 15.9 Å². The molecule has 0 aliphatic carbocycles. The zero-order chi connectivity index (χ0) is 12.7. The topological polar surface area (TPSA) is 65.1 Å². The lowest BCUT2D eigenvalue weighted by molar-refractivity contribution is 0.135. The fourth-order valence-corrected chi connectivity index (χ4v) is 2.33. The highest BCUT2D eigenvalue weighted by molar-refractivity contribution is 9.10. The minimum Gasteiger partial charge on any atom is -0.382 e. The maximum Gasteiger partial charge on any atom is 0.0710 e. The number of halogens is 1. The van der Waals surface area contributed by atoms with Crippen LogP contribution in [0.1, 0.15) is 38.4 Å². The third-order valence-electron chi connectivity index (χ3n) is 2.55. The second-order valence-corrected chi connectivity index (χ2v) is 4.66. The lowest BCUT2D eigenvalue weighted by Crippen LogP contribution is -2.31. The first-order chi connectivity index (χ1) is 8.24. The molecule has 0 aliphatic heterocycles. The molecule has 0 radical (unpaired) electrons. The Kier molecular flexibility index (Phi) is 6.72. The van der Waals surface area contributed by atoms with Gasteiger partial charge in [-0.25, -0.2) is 0 Å². The predicted molar refractivity (Wildman–Crippen MR) is 71.4 cm³/mol. The number of aromatic nitrogens is 2. The van der Waals surface area contributed by atoms with Crippen LogP contribution in [0.2, 0.25) is 0 Å². The number of aryl methyl sites for hydroxylation is 1. The minimum absolute atomic E-state index is 0.0602. The average Bonchev–Trinajstić information content (AvgIpc) is 2.68. The summed E-state index contributed by atoms with van der Waals surface area (Å²) in [5, 5.41) is 4.34. The van der Waals surface area contributed by atoms with Gasteiger partial charge in [-0.1, -0.05) is 6.92 Å². The number of hydrogen-bond donors (Lipinski definition) is 2. The number of nitrogens with two attached hydrogens (primary N) is 1. The van der Waals surface area contributed by atoms with Crippen LogP contribution in [0.25, 0.3) is 0 Å². The van der Waals surface area contributed by atoms with Crippen LogP contribution in [0.3, 0.4) is 0 Å². The van der Waals surface area contributed by atoms with Crippen molar-refractivity contribution in [2.24, 2.45) is 5.84 Å². The summed E-state index contributed by atoms with van der Waals surface area (Å²) in [4.78, 5) is 0. The lowest BCUT2D eigenvalue weighted by Gasteiger charge is -2.18. The number of nitrogens with zero attached hydrogens (tertiary/aromatic N) is 2. The molecule has 0 saturated heterocycles. The molecular formula is C11H21BrN4O. The summed E-state index contributed by atoms with van der Waals surface area (Å²) >= 11 is 3.52. The molecule has 1 atom stereocenters. The zero-order valence-electron chi connectivity index (χ0n) is 10.4. The van der Waals surface area contributed by atoms with Crippen molar-refractivity contribution in [2.75, 3.05) is 13.2 Å². The predicted octanol–water partition coefficient (Wildman–Crippen LogP) is 1.99. The maximum atomic E-state index is 5.61. The van der Waals surface area contributed by atoms with E-state index in [-0.39, 0.29) is 6.04 Å². The number of hydrogen-bond acceptors (Lipinski definition) is 4. The normalized spacial score (nSPS) is 12.9. The van der Waals surface area contributed by atoms with Gasteiger partial charge >= 0.3 is 0 Å². The van der Waals surface area contributed by atoms with E-state index in [0.29, 0.717) is 6.61 Å². The summed E-state index contributed by atoms with van der Waals surface area (Å²) in [6.45, 7) is 6.43. The molecule has 17 heavy (non-hydrogen) atoms. The summed E-state index contributed by atoms with van der Waals surface area (Å²) in [6, 6.07) is 0.0602. The molecule has 0 spiro atoms. The van der Waals surface area contributed by atoms with Gasteiger partial charge in [0.15, 0.2) is 0 Å². The number of ether oxygens (including phenoxy) is 1. The highest BCUT2D eigenvalue weighted by atomic mass is 79.9. The van der Waals surface area contributed by atoms with Crippen LogP contribution in [0, 0.1) is 0 Å². The third kappa shape index (κ3) is 4.06. The maximum absolute atomic E-state index is 5.61. The van der Waals surface area contributed by atoms with E-state index in [9.17, 15) is 0 Å². The molecule has 0 aliphatic rings. The van der Waals surface area contributed by atoms with E-state index in [1.807, 2.05) is 17.8 Å². The van der Waals surface area contributed by atoms with E-state index >= 15 is 0 Å². The summed E-state index contributed by atoms with van der Waals surface area (Å²) in [7, 11) is 0. The average molecular weight is 305 g/mol. The Morgan fingerprint density at radius 2 is 2.35 bits per heavy atom. The van der Waals surface area contributed by atoms with E-state index in [0.717, 1.165) is 36.2 Å². The van der Waals surface area contributed by atoms with Crippen LogP contribution < -0.4 is 11.3 Å². The zero-order valence-corrected chi connectivity index (χ0v) is 12.0. The molecule has 0 bridgehead atoms. The molecule has 1 unspecified atom stereocenters. The van der Waals surface area contributed by atoms with Gasteiger partial charge in [-0.3, -0.25) is 16.0 Å². The van der Waals surface area contributed by atoms with Gasteiger partial charge < -0.3 is 4.74 Å². The Hall–Kier alpha value is -0.430. The summed E-state index contributed by atoms with van der Waals surface area (Å²) in [5.74, 6) is 5.61. The van der Waals surface area contributed by atoms with Gasteiger partial charge in [-0.15, -0.1) is 0 Å². The molecule has 0 fully saturated rings. The monoisotopic (exact) mass is 304 g/mol. The smallest absolute Gasteiger partial charge is 0.0710 e. The van der Waals surface area contributed by atoms with Gasteiger partial charge in [0.2, 0.25) is 0 Å². The Morgan fingerprint density at radius 1 is 1.59 bits per heavy atom. The number of nitrogens with one attached hydrogen (secondary N) is 1. The molecule has 1 aromatic heterocycles. The van der Waals surface area contributed by atoms with Crippen molar-refractivity contribution < 1.29 is 4.74 Å². The molecule has 0 saturated carbocycles. The summed E-state index contributed by atoms with van der Waals surface area (Å²) < 4.78 is 8.34. The first-order valence-electron chi connectivity index (χ1n) is 5.99. The van der Waals surface area contributed by atoms with Gasteiger partial charge in [-0.2, -0.15) is 5.10 Å². The van der Waals surface area contributed by atoms with E-state index in [1.165, 1.54) is 0 Å². The highest BCUT2D eigenvalue weighted by Crippen LogP contribution is 2.25. The molecular weight excluding hydrogens is 284 g/mol.